The zero-order valence-electron chi connectivity index (χ0n) is 11.3. The Balaban J connectivity index is 2.09. The molecule has 1 saturated heterocycles. The number of aliphatic hydroxyl groups is 1. The molecule has 3 nitrogen and oxygen atoms in total. The maximum Gasteiger partial charge on any atom is 0.0682 e. The summed E-state index contributed by atoms with van der Waals surface area (Å²) in [6.07, 6.45) is 0.569. The molecule has 1 fully saturated rings. The predicted molar refractivity (Wildman–Crippen MR) is 79.8 cm³/mol. The smallest absolute Gasteiger partial charge is 0.0682 e. The van der Waals surface area contributed by atoms with E-state index in [1.54, 1.807) is 6.07 Å². The zero-order chi connectivity index (χ0) is 14.0. The molecule has 2 rings (SSSR count). The molecule has 0 aromatic heterocycles. The Morgan fingerprint density at radius 2 is 2.11 bits per heavy atom. The maximum atomic E-state index is 9.87. The van der Waals surface area contributed by atoms with E-state index in [-0.39, 0.29) is 6.10 Å². The van der Waals surface area contributed by atoms with Gasteiger partial charge in [0.1, 0.15) is 0 Å². The van der Waals surface area contributed by atoms with Crippen LogP contribution < -0.4 is 0 Å². The Bertz CT molecular complexity index is 439. The van der Waals surface area contributed by atoms with Gasteiger partial charge in [0.15, 0.2) is 0 Å². The third-order valence-corrected chi connectivity index (χ3v) is 4.07. The molecule has 1 N–H and O–H groups in total. The molecule has 1 aromatic carbocycles. The molecule has 0 saturated carbocycles. The molecule has 0 spiro atoms. The van der Waals surface area contributed by atoms with Gasteiger partial charge in [0.25, 0.3) is 0 Å². The second-order valence-corrected chi connectivity index (χ2v) is 6.31. The van der Waals surface area contributed by atoms with Crippen LogP contribution in [0.15, 0.2) is 18.2 Å². The van der Waals surface area contributed by atoms with Crippen molar-refractivity contribution in [3.05, 3.63) is 33.8 Å². The normalized spacial score (nSPS) is 24.3. The largest absolute Gasteiger partial charge is 0.392 e. The van der Waals surface area contributed by atoms with E-state index in [4.69, 9.17) is 23.2 Å². The molecule has 0 amide bonds. The van der Waals surface area contributed by atoms with Gasteiger partial charge in [-0.3, -0.25) is 4.90 Å². The molecule has 0 radical (unpaired) electrons. The lowest BCUT2D eigenvalue weighted by Gasteiger charge is -2.27. The van der Waals surface area contributed by atoms with Crippen LogP contribution in [0.4, 0.5) is 0 Å². The lowest BCUT2D eigenvalue weighted by Crippen LogP contribution is -2.37. The van der Waals surface area contributed by atoms with Crippen LogP contribution in [0.3, 0.4) is 0 Å². The number of β-amino-alcohol motifs (C(OH)–C–C–N with tert-alkyl or cyclic N) is 1. The summed E-state index contributed by atoms with van der Waals surface area (Å²) in [5, 5.41) is 11.3. The van der Waals surface area contributed by atoms with Gasteiger partial charge in [0.05, 0.1) is 6.10 Å². The van der Waals surface area contributed by atoms with Crippen LogP contribution in [-0.2, 0) is 6.54 Å². The number of halogens is 2. The summed E-state index contributed by atoms with van der Waals surface area (Å²) < 4.78 is 0. The fourth-order valence-corrected chi connectivity index (χ4v) is 3.02. The van der Waals surface area contributed by atoms with E-state index in [1.807, 2.05) is 12.1 Å². The SMILES string of the molecule is CN(C)CC1CC(O)CN1Cc1cc(Cl)ccc1Cl. The van der Waals surface area contributed by atoms with Crippen molar-refractivity contribution in [1.82, 2.24) is 9.80 Å². The van der Waals surface area contributed by atoms with Crippen LogP contribution in [0.1, 0.15) is 12.0 Å². The molecule has 106 valence electrons. The lowest BCUT2D eigenvalue weighted by molar-refractivity contribution is 0.169. The van der Waals surface area contributed by atoms with E-state index in [0.29, 0.717) is 17.6 Å². The molecule has 1 aromatic rings. The van der Waals surface area contributed by atoms with Gasteiger partial charge in [-0.25, -0.2) is 0 Å². The molecule has 0 bridgehead atoms. The quantitative estimate of drug-likeness (QED) is 0.926. The molecule has 0 aliphatic carbocycles. The van der Waals surface area contributed by atoms with Crippen LogP contribution in [0.2, 0.25) is 10.0 Å². The van der Waals surface area contributed by atoms with Gasteiger partial charge in [0, 0.05) is 35.7 Å². The minimum atomic E-state index is -0.247. The van der Waals surface area contributed by atoms with Gasteiger partial charge in [0.2, 0.25) is 0 Å². The van der Waals surface area contributed by atoms with Crippen LogP contribution >= 0.6 is 23.2 Å². The number of likely N-dealkylation sites (N-methyl/N-ethyl adjacent to an activating group) is 1. The van der Waals surface area contributed by atoms with Crippen LogP contribution in [0, 0.1) is 0 Å². The van der Waals surface area contributed by atoms with Crippen molar-refractivity contribution in [3.8, 4) is 0 Å². The van der Waals surface area contributed by atoms with Crippen molar-refractivity contribution in [3.63, 3.8) is 0 Å². The van der Waals surface area contributed by atoms with Gasteiger partial charge >= 0.3 is 0 Å². The molecule has 1 heterocycles. The van der Waals surface area contributed by atoms with E-state index >= 15 is 0 Å². The molecular weight excluding hydrogens is 283 g/mol. The molecular formula is C14H20Cl2N2O. The Morgan fingerprint density at radius 1 is 1.37 bits per heavy atom. The van der Waals surface area contributed by atoms with Gasteiger partial charge in [-0.15, -0.1) is 0 Å². The van der Waals surface area contributed by atoms with Crippen LogP contribution in [0.5, 0.6) is 0 Å². The van der Waals surface area contributed by atoms with Crippen LogP contribution in [0.25, 0.3) is 0 Å². The number of nitrogens with zero attached hydrogens (tertiary/aromatic N) is 2. The van der Waals surface area contributed by atoms with Gasteiger partial charge < -0.3 is 10.0 Å². The highest BCUT2D eigenvalue weighted by Gasteiger charge is 2.31. The number of hydrogen-bond donors (Lipinski definition) is 1. The second kappa shape index (κ2) is 6.42. The molecule has 2 unspecified atom stereocenters. The summed E-state index contributed by atoms with van der Waals surface area (Å²) in [7, 11) is 4.10. The lowest BCUT2D eigenvalue weighted by atomic mass is 10.1. The molecule has 1 aliphatic heterocycles. The Hall–Kier alpha value is -0.320. The summed E-state index contributed by atoms with van der Waals surface area (Å²) in [5.74, 6) is 0. The number of likely N-dealkylation sites (tertiary alicyclic amines) is 1. The number of rotatable bonds is 4. The highest BCUT2D eigenvalue weighted by Crippen LogP contribution is 2.26. The average Bonchev–Trinajstić information content (AvgIpc) is 2.63. The third-order valence-electron chi connectivity index (χ3n) is 3.46. The minimum absolute atomic E-state index is 0.247. The predicted octanol–water partition coefficient (Wildman–Crippen LogP) is 2.49. The fourth-order valence-electron chi connectivity index (χ4n) is 2.65. The molecule has 19 heavy (non-hydrogen) atoms. The Labute approximate surface area is 124 Å². The first-order chi connectivity index (χ1) is 8.95. The topological polar surface area (TPSA) is 26.7 Å². The standard InChI is InChI=1S/C14H20Cl2N2O/c1-17(2)8-12-6-13(19)9-18(12)7-10-5-11(15)3-4-14(10)16/h3-5,12-13,19H,6-9H2,1-2H3. The minimum Gasteiger partial charge on any atom is -0.392 e. The van der Waals surface area contributed by atoms with Gasteiger partial charge in [-0.2, -0.15) is 0 Å². The first kappa shape index (κ1) is 15.1. The van der Waals surface area contributed by atoms with Crippen molar-refractivity contribution in [2.24, 2.45) is 0 Å². The summed E-state index contributed by atoms with van der Waals surface area (Å²) in [6, 6.07) is 5.89. The summed E-state index contributed by atoms with van der Waals surface area (Å²) >= 11 is 12.2. The second-order valence-electron chi connectivity index (χ2n) is 5.47. The van der Waals surface area contributed by atoms with Gasteiger partial charge in [-0.05, 0) is 44.3 Å². The zero-order valence-corrected chi connectivity index (χ0v) is 12.8. The monoisotopic (exact) mass is 302 g/mol. The van der Waals surface area contributed by atoms with Crippen molar-refractivity contribution in [2.45, 2.75) is 25.1 Å². The molecule has 2 atom stereocenters. The third kappa shape index (κ3) is 4.07. The number of benzene rings is 1. The van der Waals surface area contributed by atoms with E-state index in [0.717, 1.165) is 30.1 Å². The first-order valence-corrected chi connectivity index (χ1v) is 7.22. The fraction of sp³-hybridized carbons (Fsp3) is 0.571. The van der Waals surface area contributed by atoms with Gasteiger partial charge in [-0.1, -0.05) is 23.2 Å². The van der Waals surface area contributed by atoms with Crippen molar-refractivity contribution in [1.29, 1.82) is 0 Å². The summed E-state index contributed by atoms with van der Waals surface area (Å²) in [6.45, 7) is 2.37. The van der Waals surface area contributed by atoms with E-state index < -0.39 is 0 Å². The van der Waals surface area contributed by atoms with Crippen molar-refractivity contribution >= 4 is 23.2 Å². The molecule has 5 heteroatoms. The van der Waals surface area contributed by atoms with E-state index in [1.165, 1.54) is 0 Å². The van der Waals surface area contributed by atoms with Crippen molar-refractivity contribution < 1.29 is 5.11 Å². The number of aliphatic hydroxyl groups excluding tert-OH is 1. The molecule has 1 aliphatic rings. The average molecular weight is 303 g/mol. The maximum absolute atomic E-state index is 9.87. The van der Waals surface area contributed by atoms with Crippen LogP contribution in [-0.4, -0.2) is 54.2 Å². The van der Waals surface area contributed by atoms with E-state index in [9.17, 15) is 5.11 Å². The van der Waals surface area contributed by atoms with E-state index in [2.05, 4.69) is 23.9 Å². The Morgan fingerprint density at radius 3 is 2.79 bits per heavy atom. The summed E-state index contributed by atoms with van der Waals surface area (Å²) in [4.78, 5) is 4.43. The number of hydrogen-bond acceptors (Lipinski definition) is 3. The van der Waals surface area contributed by atoms with Crippen molar-refractivity contribution in [2.75, 3.05) is 27.2 Å². The first-order valence-electron chi connectivity index (χ1n) is 6.46. The highest BCUT2D eigenvalue weighted by atomic mass is 35.5. The highest BCUT2D eigenvalue weighted by molar-refractivity contribution is 6.33. The summed E-state index contributed by atoms with van der Waals surface area (Å²) in [5.41, 5.74) is 1.02. The Kier molecular flexibility index (Phi) is 5.09.